The van der Waals surface area contributed by atoms with E-state index in [2.05, 4.69) is 36.1 Å². The van der Waals surface area contributed by atoms with Crippen molar-refractivity contribution in [3.8, 4) is 0 Å². The number of anilines is 1. The Morgan fingerprint density at radius 1 is 1.19 bits per heavy atom. The largest absolute Gasteiger partial charge is 0.371 e. The number of benzene rings is 1. The summed E-state index contributed by atoms with van der Waals surface area (Å²) in [6.07, 6.45) is 5.01. The second-order valence-electron chi connectivity index (χ2n) is 4.62. The van der Waals surface area contributed by atoms with Crippen molar-refractivity contribution in [2.45, 2.75) is 38.6 Å². The molecule has 0 bridgehead atoms. The molecule has 2 nitrogen and oxygen atoms in total. The zero-order valence-electron chi connectivity index (χ0n) is 10.2. The van der Waals surface area contributed by atoms with Gasteiger partial charge < -0.3 is 10.6 Å². The van der Waals surface area contributed by atoms with Crippen LogP contribution in [0.25, 0.3) is 0 Å². The molecule has 2 heteroatoms. The highest BCUT2D eigenvalue weighted by atomic mass is 15.1. The number of piperidine rings is 1. The van der Waals surface area contributed by atoms with E-state index in [0.717, 1.165) is 6.42 Å². The van der Waals surface area contributed by atoms with Crippen molar-refractivity contribution in [3.05, 3.63) is 29.8 Å². The molecular weight excluding hydrogens is 196 g/mol. The van der Waals surface area contributed by atoms with E-state index in [1.54, 1.807) is 0 Å². The first-order chi connectivity index (χ1) is 7.83. The van der Waals surface area contributed by atoms with Gasteiger partial charge in [0.1, 0.15) is 0 Å². The quantitative estimate of drug-likeness (QED) is 0.844. The molecule has 1 atom stereocenters. The van der Waals surface area contributed by atoms with Crippen LogP contribution in [-0.4, -0.2) is 13.1 Å². The molecule has 0 spiro atoms. The molecule has 1 aliphatic heterocycles. The zero-order valence-corrected chi connectivity index (χ0v) is 10.2. The fourth-order valence-corrected chi connectivity index (χ4v) is 2.44. The predicted molar refractivity (Wildman–Crippen MR) is 69.7 cm³/mol. The number of rotatable bonds is 3. The molecule has 1 aromatic rings. The van der Waals surface area contributed by atoms with E-state index in [-0.39, 0.29) is 6.04 Å². The highest BCUT2D eigenvalue weighted by Crippen LogP contribution is 2.28. The molecule has 1 heterocycles. The summed E-state index contributed by atoms with van der Waals surface area (Å²) in [7, 11) is 0. The van der Waals surface area contributed by atoms with E-state index in [0.29, 0.717) is 0 Å². The molecule has 1 saturated heterocycles. The molecule has 16 heavy (non-hydrogen) atoms. The Hall–Kier alpha value is -1.02. The lowest BCUT2D eigenvalue weighted by Gasteiger charge is -2.31. The first-order valence-corrected chi connectivity index (χ1v) is 6.42. The van der Waals surface area contributed by atoms with Crippen LogP contribution < -0.4 is 10.6 Å². The molecule has 0 radical (unpaired) electrons. The number of nitrogens with two attached hydrogens (primary N) is 1. The number of nitrogens with zero attached hydrogens (tertiary/aromatic N) is 1. The van der Waals surface area contributed by atoms with Crippen LogP contribution in [0, 0.1) is 0 Å². The highest BCUT2D eigenvalue weighted by molar-refractivity contribution is 5.55. The number of para-hydroxylation sites is 1. The molecule has 88 valence electrons. The molecule has 0 aliphatic carbocycles. The Labute approximate surface area is 98.4 Å². The maximum atomic E-state index is 6.18. The lowest BCUT2D eigenvalue weighted by Crippen LogP contribution is -2.31. The summed E-state index contributed by atoms with van der Waals surface area (Å²) < 4.78 is 0. The van der Waals surface area contributed by atoms with Gasteiger partial charge in [0.2, 0.25) is 0 Å². The van der Waals surface area contributed by atoms with Crippen molar-refractivity contribution in [1.29, 1.82) is 0 Å². The van der Waals surface area contributed by atoms with E-state index in [1.165, 1.54) is 43.6 Å². The first-order valence-electron chi connectivity index (χ1n) is 6.42. The van der Waals surface area contributed by atoms with E-state index >= 15 is 0 Å². The Kier molecular flexibility index (Phi) is 3.83. The fraction of sp³-hybridized carbons (Fsp3) is 0.571. The topological polar surface area (TPSA) is 29.3 Å². The third kappa shape index (κ3) is 2.38. The lowest BCUT2D eigenvalue weighted by atomic mass is 10.0. The van der Waals surface area contributed by atoms with E-state index in [9.17, 15) is 0 Å². The van der Waals surface area contributed by atoms with Gasteiger partial charge in [-0.2, -0.15) is 0 Å². The maximum Gasteiger partial charge on any atom is 0.0414 e. The second kappa shape index (κ2) is 5.35. The molecule has 0 saturated carbocycles. The van der Waals surface area contributed by atoms with Crippen LogP contribution in [0.15, 0.2) is 24.3 Å². The van der Waals surface area contributed by atoms with E-state index < -0.39 is 0 Å². The first kappa shape index (κ1) is 11.5. The Morgan fingerprint density at radius 3 is 2.56 bits per heavy atom. The summed E-state index contributed by atoms with van der Waals surface area (Å²) in [4.78, 5) is 2.49. The normalized spacial score (nSPS) is 18.5. The van der Waals surface area contributed by atoms with Gasteiger partial charge in [0, 0.05) is 24.8 Å². The summed E-state index contributed by atoms with van der Waals surface area (Å²) in [5, 5.41) is 0. The van der Waals surface area contributed by atoms with Gasteiger partial charge >= 0.3 is 0 Å². The zero-order chi connectivity index (χ0) is 11.4. The smallest absolute Gasteiger partial charge is 0.0414 e. The van der Waals surface area contributed by atoms with Gasteiger partial charge in [-0.15, -0.1) is 0 Å². The third-order valence-electron chi connectivity index (χ3n) is 3.47. The van der Waals surface area contributed by atoms with Crippen molar-refractivity contribution in [3.63, 3.8) is 0 Å². The van der Waals surface area contributed by atoms with Crippen molar-refractivity contribution < 1.29 is 0 Å². The summed E-state index contributed by atoms with van der Waals surface area (Å²) in [5.74, 6) is 0. The minimum atomic E-state index is 0.179. The molecule has 1 aliphatic rings. The fourth-order valence-electron chi connectivity index (χ4n) is 2.44. The van der Waals surface area contributed by atoms with Crippen molar-refractivity contribution in [1.82, 2.24) is 0 Å². The Balaban J connectivity index is 2.24. The second-order valence-corrected chi connectivity index (χ2v) is 4.62. The molecule has 0 aromatic heterocycles. The van der Waals surface area contributed by atoms with Crippen LogP contribution >= 0.6 is 0 Å². The van der Waals surface area contributed by atoms with E-state index in [1.807, 2.05) is 0 Å². The maximum absolute atomic E-state index is 6.18. The standard InChI is InChI=1S/C14H22N2/c1-2-13(15)12-8-4-5-9-14(12)16-10-6-3-7-11-16/h4-5,8-9,13H,2-3,6-7,10-11,15H2,1H3. The summed E-state index contributed by atoms with van der Waals surface area (Å²) in [6.45, 7) is 4.53. The molecule has 2 N–H and O–H groups in total. The minimum absolute atomic E-state index is 0.179. The Morgan fingerprint density at radius 2 is 1.88 bits per heavy atom. The molecular formula is C14H22N2. The third-order valence-corrected chi connectivity index (χ3v) is 3.47. The van der Waals surface area contributed by atoms with Gasteiger partial charge in [0.15, 0.2) is 0 Å². The van der Waals surface area contributed by atoms with Crippen molar-refractivity contribution in [2.75, 3.05) is 18.0 Å². The van der Waals surface area contributed by atoms with Gasteiger partial charge in [0.05, 0.1) is 0 Å². The van der Waals surface area contributed by atoms with Crippen molar-refractivity contribution >= 4 is 5.69 Å². The predicted octanol–water partition coefficient (Wildman–Crippen LogP) is 3.09. The van der Waals surface area contributed by atoms with Crippen LogP contribution in [0.3, 0.4) is 0 Å². The van der Waals surface area contributed by atoms with Gasteiger partial charge in [-0.3, -0.25) is 0 Å². The summed E-state index contributed by atoms with van der Waals surface area (Å²) in [5.41, 5.74) is 8.84. The Bertz CT molecular complexity index is 329. The average molecular weight is 218 g/mol. The molecule has 1 unspecified atom stereocenters. The van der Waals surface area contributed by atoms with Crippen LogP contribution in [0.1, 0.15) is 44.2 Å². The molecule has 2 rings (SSSR count). The summed E-state index contributed by atoms with van der Waals surface area (Å²) in [6, 6.07) is 8.79. The van der Waals surface area contributed by atoms with Gasteiger partial charge in [0.25, 0.3) is 0 Å². The van der Waals surface area contributed by atoms with Crippen LogP contribution in [0.2, 0.25) is 0 Å². The molecule has 1 fully saturated rings. The monoisotopic (exact) mass is 218 g/mol. The van der Waals surface area contributed by atoms with Crippen LogP contribution in [-0.2, 0) is 0 Å². The highest BCUT2D eigenvalue weighted by Gasteiger charge is 2.16. The average Bonchev–Trinajstić information content (AvgIpc) is 2.39. The van der Waals surface area contributed by atoms with Crippen molar-refractivity contribution in [2.24, 2.45) is 5.73 Å². The van der Waals surface area contributed by atoms with Crippen LogP contribution in [0.5, 0.6) is 0 Å². The summed E-state index contributed by atoms with van der Waals surface area (Å²) >= 11 is 0. The number of hydrogen-bond donors (Lipinski definition) is 1. The van der Waals surface area contributed by atoms with Gasteiger partial charge in [-0.1, -0.05) is 25.1 Å². The number of hydrogen-bond acceptors (Lipinski definition) is 2. The molecule has 1 aromatic carbocycles. The molecule has 0 amide bonds. The lowest BCUT2D eigenvalue weighted by molar-refractivity contribution is 0.572. The van der Waals surface area contributed by atoms with E-state index in [4.69, 9.17) is 5.73 Å². The van der Waals surface area contributed by atoms with Gasteiger partial charge in [-0.25, -0.2) is 0 Å². The van der Waals surface area contributed by atoms with Gasteiger partial charge in [-0.05, 0) is 37.3 Å². The minimum Gasteiger partial charge on any atom is -0.371 e. The SMILES string of the molecule is CCC(N)c1ccccc1N1CCCCC1. The van der Waals surface area contributed by atoms with Crippen LogP contribution in [0.4, 0.5) is 5.69 Å².